The molecule has 2 rings (SSSR count). The van der Waals surface area contributed by atoms with Crippen LogP contribution in [0.3, 0.4) is 0 Å². The van der Waals surface area contributed by atoms with Crippen LogP contribution in [-0.4, -0.2) is 11.1 Å². The summed E-state index contributed by atoms with van der Waals surface area (Å²) < 4.78 is 0. The summed E-state index contributed by atoms with van der Waals surface area (Å²) in [5.41, 5.74) is 0.359. The number of carboxylic acid groups (broad SMARTS) is 1. The Balaban J connectivity index is 2.28. The minimum atomic E-state index is -0.655. The van der Waals surface area contributed by atoms with Gasteiger partial charge in [0.25, 0.3) is 0 Å². The Bertz CT molecular complexity index is 399. The van der Waals surface area contributed by atoms with Crippen molar-refractivity contribution in [2.45, 2.75) is 38.5 Å². The van der Waals surface area contributed by atoms with Gasteiger partial charge in [0.15, 0.2) is 0 Å². The largest absolute Gasteiger partial charge is 0.481 e. The molecule has 0 saturated heterocycles. The van der Waals surface area contributed by atoms with Gasteiger partial charge in [0.1, 0.15) is 0 Å². The molecule has 1 aliphatic carbocycles. The maximum Gasteiger partial charge on any atom is 0.314 e. The van der Waals surface area contributed by atoms with Crippen molar-refractivity contribution in [3.8, 4) is 0 Å². The molecule has 0 bridgehead atoms. The van der Waals surface area contributed by atoms with Crippen LogP contribution < -0.4 is 0 Å². The molecule has 1 saturated carbocycles. The third-order valence-electron chi connectivity index (χ3n) is 4.27. The quantitative estimate of drug-likeness (QED) is 0.844. The minimum absolute atomic E-state index is 0.258. The van der Waals surface area contributed by atoms with E-state index in [0.29, 0.717) is 5.92 Å². The smallest absolute Gasteiger partial charge is 0.314 e. The summed E-state index contributed by atoms with van der Waals surface area (Å²) >= 11 is 0. The second kappa shape index (κ2) is 4.52. The highest BCUT2D eigenvalue weighted by atomic mass is 16.4. The van der Waals surface area contributed by atoms with E-state index < -0.39 is 11.4 Å². The van der Waals surface area contributed by atoms with E-state index in [0.717, 1.165) is 24.8 Å². The van der Waals surface area contributed by atoms with E-state index in [4.69, 9.17) is 0 Å². The van der Waals surface area contributed by atoms with Gasteiger partial charge in [0.05, 0.1) is 5.41 Å². The summed E-state index contributed by atoms with van der Waals surface area (Å²) in [4.78, 5) is 11.7. The van der Waals surface area contributed by atoms with Gasteiger partial charge in [-0.2, -0.15) is 0 Å². The van der Waals surface area contributed by atoms with Gasteiger partial charge in [-0.05, 0) is 23.8 Å². The number of rotatable bonds is 5. The monoisotopic (exact) mass is 232 g/mol. The van der Waals surface area contributed by atoms with Gasteiger partial charge in [0, 0.05) is 0 Å². The van der Waals surface area contributed by atoms with Crippen molar-refractivity contribution in [2.75, 3.05) is 0 Å². The predicted molar refractivity (Wildman–Crippen MR) is 67.9 cm³/mol. The van der Waals surface area contributed by atoms with Gasteiger partial charge in [-0.25, -0.2) is 0 Å². The Kier molecular flexibility index (Phi) is 3.23. The van der Waals surface area contributed by atoms with Crippen LogP contribution in [0, 0.1) is 11.8 Å². The third-order valence-corrected chi connectivity index (χ3v) is 4.27. The van der Waals surface area contributed by atoms with E-state index in [9.17, 15) is 9.90 Å². The molecule has 2 nitrogen and oxygen atoms in total. The topological polar surface area (TPSA) is 37.3 Å². The molecule has 1 aliphatic rings. The molecule has 0 aliphatic heterocycles. The maximum absolute atomic E-state index is 11.7. The Morgan fingerprint density at radius 1 is 1.35 bits per heavy atom. The van der Waals surface area contributed by atoms with Crippen molar-refractivity contribution >= 4 is 5.97 Å². The maximum atomic E-state index is 11.7. The van der Waals surface area contributed by atoms with Crippen LogP contribution in [0.4, 0.5) is 0 Å². The van der Waals surface area contributed by atoms with Gasteiger partial charge in [0.2, 0.25) is 0 Å². The molecule has 2 heteroatoms. The zero-order chi connectivity index (χ0) is 12.5. The summed E-state index contributed by atoms with van der Waals surface area (Å²) in [6, 6.07) is 9.71. The fourth-order valence-corrected chi connectivity index (χ4v) is 3.22. The van der Waals surface area contributed by atoms with E-state index in [1.54, 1.807) is 0 Å². The molecule has 0 aromatic heterocycles. The second-order valence-electron chi connectivity index (χ2n) is 5.08. The molecule has 0 radical (unpaired) electrons. The predicted octanol–water partition coefficient (Wildman–Crippen LogP) is 3.47. The first-order chi connectivity index (χ1) is 8.15. The van der Waals surface area contributed by atoms with Gasteiger partial charge in [-0.3, -0.25) is 4.79 Å². The first-order valence-electron chi connectivity index (χ1n) is 6.44. The molecular formula is C15H20O2. The SMILES string of the molecule is CCCCC1[C@@H](C)[C@]1(C(=O)O)c1ccccc1. The van der Waals surface area contributed by atoms with Crippen molar-refractivity contribution in [3.63, 3.8) is 0 Å². The zero-order valence-corrected chi connectivity index (χ0v) is 10.5. The summed E-state index contributed by atoms with van der Waals surface area (Å²) in [5, 5.41) is 9.60. The number of aliphatic carboxylic acids is 1. The molecule has 1 unspecified atom stereocenters. The summed E-state index contributed by atoms with van der Waals surface area (Å²) in [6.45, 7) is 4.22. The summed E-state index contributed by atoms with van der Waals surface area (Å²) in [5.74, 6) is -0.0893. The van der Waals surface area contributed by atoms with Crippen LogP contribution >= 0.6 is 0 Å². The molecule has 1 aromatic carbocycles. The molecule has 1 N–H and O–H groups in total. The molecule has 0 spiro atoms. The van der Waals surface area contributed by atoms with Crippen LogP contribution in [-0.2, 0) is 10.2 Å². The highest BCUT2D eigenvalue weighted by Crippen LogP contribution is 2.62. The number of hydrogen-bond donors (Lipinski definition) is 1. The van der Waals surface area contributed by atoms with Crippen LogP contribution in [0.25, 0.3) is 0 Å². The molecule has 0 amide bonds. The van der Waals surface area contributed by atoms with E-state index in [2.05, 4.69) is 13.8 Å². The number of carboxylic acids is 1. The van der Waals surface area contributed by atoms with E-state index >= 15 is 0 Å². The summed E-state index contributed by atoms with van der Waals surface area (Å²) in [7, 11) is 0. The summed E-state index contributed by atoms with van der Waals surface area (Å²) in [6.07, 6.45) is 3.28. The van der Waals surface area contributed by atoms with Crippen LogP contribution in [0.5, 0.6) is 0 Å². The van der Waals surface area contributed by atoms with Crippen LogP contribution in [0.15, 0.2) is 30.3 Å². The average molecular weight is 232 g/mol. The molecule has 92 valence electrons. The fourth-order valence-electron chi connectivity index (χ4n) is 3.22. The lowest BCUT2D eigenvalue weighted by Gasteiger charge is -2.13. The Morgan fingerprint density at radius 3 is 2.53 bits per heavy atom. The normalized spacial score (nSPS) is 31.2. The lowest BCUT2D eigenvalue weighted by molar-refractivity contribution is -0.140. The molecular weight excluding hydrogens is 212 g/mol. The number of hydrogen-bond acceptors (Lipinski definition) is 1. The first kappa shape index (κ1) is 12.2. The molecule has 3 atom stereocenters. The number of carbonyl (C=O) groups is 1. The highest BCUT2D eigenvalue weighted by Gasteiger charge is 2.67. The lowest BCUT2D eigenvalue weighted by atomic mass is 9.91. The van der Waals surface area contributed by atoms with Gasteiger partial charge in [-0.1, -0.05) is 57.0 Å². The molecule has 1 aromatic rings. The van der Waals surface area contributed by atoms with Gasteiger partial charge in [-0.15, -0.1) is 0 Å². The Labute approximate surface area is 103 Å². The van der Waals surface area contributed by atoms with Crippen molar-refractivity contribution in [1.82, 2.24) is 0 Å². The van der Waals surface area contributed by atoms with Crippen molar-refractivity contribution in [2.24, 2.45) is 11.8 Å². The fraction of sp³-hybridized carbons (Fsp3) is 0.533. The Morgan fingerprint density at radius 2 is 2.00 bits per heavy atom. The van der Waals surface area contributed by atoms with Crippen molar-refractivity contribution in [3.05, 3.63) is 35.9 Å². The first-order valence-corrected chi connectivity index (χ1v) is 6.44. The number of unbranched alkanes of at least 4 members (excludes halogenated alkanes) is 1. The van der Waals surface area contributed by atoms with Crippen molar-refractivity contribution in [1.29, 1.82) is 0 Å². The van der Waals surface area contributed by atoms with Gasteiger partial charge < -0.3 is 5.11 Å². The van der Waals surface area contributed by atoms with E-state index in [1.165, 1.54) is 0 Å². The average Bonchev–Trinajstić information content (AvgIpc) is 2.94. The second-order valence-corrected chi connectivity index (χ2v) is 5.08. The molecule has 17 heavy (non-hydrogen) atoms. The minimum Gasteiger partial charge on any atom is -0.481 e. The zero-order valence-electron chi connectivity index (χ0n) is 10.5. The Hall–Kier alpha value is -1.31. The molecule has 0 heterocycles. The van der Waals surface area contributed by atoms with Gasteiger partial charge >= 0.3 is 5.97 Å². The van der Waals surface area contributed by atoms with Crippen LogP contribution in [0.2, 0.25) is 0 Å². The van der Waals surface area contributed by atoms with E-state index in [-0.39, 0.29) is 5.92 Å². The van der Waals surface area contributed by atoms with Crippen molar-refractivity contribution < 1.29 is 9.90 Å². The standard InChI is InChI=1S/C15H20O2/c1-3-4-10-13-11(2)15(13,14(16)17)12-8-6-5-7-9-12/h5-9,11,13H,3-4,10H2,1-2H3,(H,16,17)/t11-,13?,15+/m1/s1. The highest BCUT2D eigenvalue weighted by molar-refractivity contribution is 5.86. The van der Waals surface area contributed by atoms with Crippen LogP contribution in [0.1, 0.15) is 38.7 Å². The van der Waals surface area contributed by atoms with E-state index in [1.807, 2.05) is 30.3 Å². The lowest BCUT2D eigenvalue weighted by Crippen LogP contribution is -2.24. The molecule has 1 fully saturated rings. The third kappa shape index (κ3) is 1.76. The number of benzene rings is 1.